The van der Waals surface area contributed by atoms with E-state index in [1.54, 1.807) is 11.3 Å². The van der Waals surface area contributed by atoms with Crippen molar-refractivity contribution >= 4 is 41.3 Å². The molecule has 1 aromatic carbocycles. The van der Waals surface area contributed by atoms with E-state index in [4.69, 9.17) is 4.99 Å². The fourth-order valence-electron chi connectivity index (χ4n) is 2.86. The summed E-state index contributed by atoms with van der Waals surface area (Å²) in [7, 11) is 1.96. The highest BCUT2D eigenvalue weighted by Gasteiger charge is 2.16. The highest BCUT2D eigenvalue weighted by atomic mass is 127. The second-order valence-electron chi connectivity index (χ2n) is 6.95. The number of thiophene rings is 1. The highest BCUT2D eigenvalue weighted by molar-refractivity contribution is 14.0. The van der Waals surface area contributed by atoms with Crippen LogP contribution >= 0.6 is 35.3 Å². The number of hydrogen-bond donors (Lipinski definition) is 2. The third-order valence-electron chi connectivity index (χ3n) is 5.01. The van der Waals surface area contributed by atoms with Crippen LogP contribution in [0.4, 0.5) is 0 Å². The largest absolute Gasteiger partial charge is 0.353 e. The van der Waals surface area contributed by atoms with Crippen LogP contribution < -0.4 is 10.6 Å². The minimum atomic E-state index is 0. The van der Waals surface area contributed by atoms with Crippen LogP contribution in [0.5, 0.6) is 0 Å². The fourth-order valence-corrected chi connectivity index (χ4v) is 3.51. The van der Waals surface area contributed by atoms with E-state index in [1.165, 1.54) is 10.4 Å². The molecule has 0 aliphatic carbocycles. The SMILES string of the molecule is Cc1nnc(CN=C(NCc2cccs2)NC(C)C(C)c2ccccc2)n1C.I. The van der Waals surface area contributed by atoms with E-state index in [0.29, 0.717) is 12.5 Å². The molecule has 0 aliphatic rings. The number of hydrogen-bond acceptors (Lipinski definition) is 4. The number of benzene rings is 1. The second-order valence-corrected chi connectivity index (χ2v) is 7.98. The molecular formula is C21H29IN6S. The molecule has 3 rings (SSSR count). The van der Waals surface area contributed by atoms with Gasteiger partial charge in [0.2, 0.25) is 0 Å². The molecule has 0 radical (unpaired) electrons. The van der Waals surface area contributed by atoms with Crippen LogP contribution in [0.2, 0.25) is 0 Å². The number of aliphatic imine (C=N–C) groups is 1. The van der Waals surface area contributed by atoms with E-state index >= 15 is 0 Å². The summed E-state index contributed by atoms with van der Waals surface area (Å²) >= 11 is 1.74. The maximum absolute atomic E-state index is 4.76. The molecule has 3 aromatic rings. The summed E-state index contributed by atoms with van der Waals surface area (Å²) in [6.45, 7) is 7.58. The van der Waals surface area contributed by atoms with Gasteiger partial charge in [-0.15, -0.1) is 45.5 Å². The van der Waals surface area contributed by atoms with Gasteiger partial charge in [0, 0.05) is 23.9 Å². The van der Waals surface area contributed by atoms with E-state index in [-0.39, 0.29) is 30.0 Å². The minimum absolute atomic E-state index is 0. The van der Waals surface area contributed by atoms with Crippen molar-refractivity contribution in [3.05, 3.63) is 69.9 Å². The topological polar surface area (TPSA) is 67.1 Å². The van der Waals surface area contributed by atoms with Gasteiger partial charge in [0.25, 0.3) is 0 Å². The number of guanidine groups is 1. The number of halogens is 1. The van der Waals surface area contributed by atoms with Crippen LogP contribution in [0.25, 0.3) is 0 Å². The van der Waals surface area contributed by atoms with Gasteiger partial charge in [-0.25, -0.2) is 4.99 Å². The zero-order chi connectivity index (χ0) is 19.9. The molecular weight excluding hydrogens is 495 g/mol. The number of aromatic nitrogens is 3. The van der Waals surface area contributed by atoms with Crippen molar-refractivity contribution < 1.29 is 0 Å². The van der Waals surface area contributed by atoms with E-state index < -0.39 is 0 Å². The van der Waals surface area contributed by atoms with Crippen LogP contribution in [0.3, 0.4) is 0 Å². The Balaban J connectivity index is 0.00000300. The molecule has 2 atom stereocenters. The number of nitrogens with zero attached hydrogens (tertiary/aromatic N) is 4. The normalized spacial score (nSPS) is 13.4. The molecule has 2 heterocycles. The van der Waals surface area contributed by atoms with Gasteiger partial charge in [0.1, 0.15) is 12.4 Å². The summed E-state index contributed by atoms with van der Waals surface area (Å²) in [6.07, 6.45) is 0. The van der Waals surface area contributed by atoms with Crippen molar-refractivity contribution in [3.63, 3.8) is 0 Å². The first kappa shape index (κ1) is 23.3. The molecule has 0 fully saturated rings. The molecule has 2 unspecified atom stereocenters. The van der Waals surface area contributed by atoms with Crippen LogP contribution in [-0.4, -0.2) is 26.8 Å². The lowest BCUT2D eigenvalue weighted by Gasteiger charge is -2.24. The molecule has 0 amide bonds. The minimum Gasteiger partial charge on any atom is -0.353 e. The summed E-state index contributed by atoms with van der Waals surface area (Å²) in [5.41, 5.74) is 1.31. The Bertz CT molecular complexity index is 891. The molecule has 8 heteroatoms. The van der Waals surface area contributed by atoms with Gasteiger partial charge >= 0.3 is 0 Å². The van der Waals surface area contributed by atoms with Crippen molar-refractivity contribution in [1.82, 2.24) is 25.4 Å². The summed E-state index contributed by atoms with van der Waals surface area (Å²) in [4.78, 5) is 6.03. The van der Waals surface area contributed by atoms with Crippen molar-refractivity contribution in [3.8, 4) is 0 Å². The highest BCUT2D eigenvalue weighted by Crippen LogP contribution is 2.18. The zero-order valence-electron chi connectivity index (χ0n) is 17.3. The molecule has 6 nitrogen and oxygen atoms in total. The predicted octanol–water partition coefficient (Wildman–Crippen LogP) is 4.23. The van der Waals surface area contributed by atoms with Crippen molar-refractivity contribution in [1.29, 1.82) is 0 Å². The van der Waals surface area contributed by atoms with Crippen molar-refractivity contribution in [2.24, 2.45) is 12.0 Å². The Morgan fingerprint density at radius 1 is 1.14 bits per heavy atom. The van der Waals surface area contributed by atoms with Gasteiger partial charge in [-0.1, -0.05) is 43.3 Å². The van der Waals surface area contributed by atoms with Gasteiger partial charge in [-0.3, -0.25) is 0 Å². The average molecular weight is 524 g/mol. The summed E-state index contributed by atoms with van der Waals surface area (Å²) in [5, 5.41) is 17.4. The molecule has 2 N–H and O–H groups in total. The third-order valence-corrected chi connectivity index (χ3v) is 5.89. The van der Waals surface area contributed by atoms with E-state index in [9.17, 15) is 0 Å². The summed E-state index contributed by atoms with van der Waals surface area (Å²) in [5.74, 6) is 2.87. The Labute approximate surface area is 193 Å². The number of nitrogens with one attached hydrogen (secondary N) is 2. The molecule has 0 saturated heterocycles. The predicted molar refractivity (Wildman–Crippen MR) is 131 cm³/mol. The third kappa shape index (κ3) is 6.53. The lowest BCUT2D eigenvalue weighted by molar-refractivity contribution is 0.548. The van der Waals surface area contributed by atoms with Crippen LogP contribution in [0.15, 0.2) is 52.8 Å². The van der Waals surface area contributed by atoms with Gasteiger partial charge in [0.15, 0.2) is 11.8 Å². The quantitative estimate of drug-likeness (QED) is 0.276. The Morgan fingerprint density at radius 3 is 2.52 bits per heavy atom. The first-order valence-electron chi connectivity index (χ1n) is 9.51. The molecule has 0 saturated carbocycles. The maximum Gasteiger partial charge on any atom is 0.192 e. The number of aryl methyl sites for hydroxylation is 1. The molecule has 0 bridgehead atoms. The molecule has 0 spiro atoms. The lowest BCUT2D eigenvalue weighted by Crippen LogP contribution is -2.44. The first-order chi connectivity index (χ1) is 13.5. The maximum atomic E-state index is 4.76. The fraction of sp³-hybridized carbons (Fsp3) is 0.381. The van der Waals surface area contributed by atoms with E-state index in [1.807, 2.05) is 24.6 Å². The van der Waals surface area contributed by atoms with Crippen LogP contribution in [0, 0.1) is 6.92 Å². The monoisotopic (exact) mass is 524 g/mol. The van der Waals surface area contributed by atoms with E-state index in [0.717, 1.165) is 24.2 Å². The van der Waals surface area contributed by atoms with Gasteiger partial charge in [0.05, 0.1) is 6.54 Å². The van der Waals surface area contributed by atoms with Crippen molar-refractivity contribution in [2.45, 2.75) is 45.8 Å². The summed E-state index contributed by atoms with van der Waals surface area (Å²) in [6, 6.07) is 15.0. The van der Waals surface area contributed by atoms with E-state index in [2.05, 4.69) is 76.5 Å². The zero-order valence-corrected chi connectivity index (χ0v) is 20.4. The van der Waals surface area contributed by atoms with Gasteiger partial charge < -0.3 is 15.2 Å². The molecule has 156 valence electrons. The van der Waals surface area contributed by atoms with Crippen LogP contribution in [0.1, 0.15) is 41.9 Å². The lowest BCUT2D eigenvalue weighted by atomic mass is 9.94. The smallest absolute Gasteiger partial charge is 0.192 e. The Hall–Kier alpha value is -1.94. The second kappa shape index (κ2) is 11.3. The molecule has 0 aliphatic heterocycles. The van der Waals surface area contributed by atoms with Crippen molar-refractivity contribution in [2.75, 3.05) is 0 Å². The summed E-state index contributed by atoms with van der Waals surface area (Å²) < 4.78 is 1.97. The van der Waals surface area contributed by atoms with Gasteiger partial charge in [-0.05, 0) is 30.9 Å². The Kier molecular flexibility index (Phi) is 9.09. The molecule has 29 heavy (non-hydrogen) atoms. The number of rotatable bonds is 7. The average Bonchev–Trinajstić information content (AvgIpc) is 3.35. The molecule has 2 aromatic heterocycles. The standard InChI is InChI=1S/C21H28N6S.HI/c1-15(18-9-6-5-7-10-18)16(2)24-21(22-13-19-11-8-12-28-19)23-14-20-26-25-17(3)27(20)4;/h5-12,15-16H,13-14H2,1-4H3,(H2,22,23,24);1H. The van der Waals surface area contributed by atoms with Gasteiger partial charge in [-0.2, -0.15) is 0 Å². The Morgan fingerprint density at radius 2 is 1.90 bits per heavy atom. The van der Waals surface area contributed by atoms with Crippen LogP contribution in [-0.2, 0) is 20.1 Å². The first-order valence-corrected chi connectivity index (χ1v) is 10.4.